The molecule has 2 rings (SSSR count). The number of fused-ring (bicyclic) bond motifs is 1. The smallest absolute Gasteiger partial charge is 0.303 e. The maximum Gasteiger partial charge on any atom is 0.303 e. The molecule has 5 amide bonds. The lowest BCUT2D eigenvalue weighted by atomic mass is 9.97. The van der Waals surface area contributed by atoms with Gasteiger partial charge in [-0.2, -0.15) is 0 Å². The van der Waals surface area contributed by atoms with Crippen LogP contribution in [0.3, 0.4) is 0 Å². The number of carbonyl (C=O) groups excluding carboxylic acids is 6. The Hall–Kier alpha value is -4.50. The molecule has 0 aliphatic carbocycles. The second kappa shape index (κ2) is 17.8. The van der Waals surface area contributed by atoms with Crippen LogP contribution < -0.4 is 32.3 Å². The molecule has 8 N–H and O–H groups in total. The van der Waals surface area contributed by atoms with Gasteiger partial charge in [0.05, 0.1) is 18.5 Å². The maximum absolute atomic E-state index is 13.6. The highest BCUT2D eigenvalue weighted by Gasteiger charge is 2.32. The van der Waals surface area contributed by atoms with E-state index >= 15 is 0 Å². The van der Waals surface area contributed by atoms with Gasteiger partial charge in [-0.05, 0) is 36.6 Å². The van der Waals surface area contributed by atoms with Crippen LogP contribution in [0, 0.1) is 0 Å². The summed E-state index contributed by atoms with van der Waals surface area (Å²) in [6, 6.07) is 6.82. The number of rotatable bonds is 18. The summed E-state index contributed by atoms with van der Waals surface area (Å²) in [6.07, 6.45) is -1.54. The number of benzene rings is 2. The molecule has 0 aliphatic rings. The minimum Gasteiger partial charge on any atom is -0.481 e. The SMILES string of the molecule is CC(C)N[C@H](C)C(=O)N[C@@H](CC(N)=O)C(=O)N[C@@H](CCC(=O)O)C(=O)N[C@@H](Cc1cccc2ccccc12)C(=O)N[C@H](C)C(=O)S. The molecule has 15 heteroatoms. The van der Waals surface area contributed by atoms with Crippen LogP contribution in [-0.4, -0.2) is 82.0 Å². The zero-order valence-electron chi connectivity index (χ0n) is 26.2. The molecule has 0 unspecified atom stereocenters. The van der Waals surface area contributed by atoms with Gasteiger partial charge >= 0.3 is 5.97 Å². The number of primary amides is 1. The van der Waals surface area contributed by atoms with E-state index in [1.54, 1.807) is 19.1 Å². The fourth-order valence-electron chi connectivity index (χ4n) is 4.64. The number of hydrogen-bond acceptors (Lipinski definition) is 8. The molecule has 14 nitrogen and oxygen atoms in total. The first-order valence-corrected chi connectivity index (χ1v) is 15.2. The normalized spacial score (nSPS) is 14.3. The van der Waals surface area contributed by atoms with Gasteiger partial charge < -0.3 is 37.4 Å². The molecule has 5 atom stereocenters. The number of aliphatic carboxylic acids is 1. The third-order valence-electron chi connectivity index (χ3n) is 6.96. The third kappa shape index (κ3) is 12.1. The molecule has 0 saturated carbocycles. The Morgan fingerprint density at radius 2 is 1.30 bits per heavy atom. The third-order valence-corrected chi connectivity index (χ3v) is 7.35. The molecule has 0 aliphatic heterocycles. The molecular formula is C31H42N6O8S. The van der Waals surface area contributed by atoms with Crippen LogP contribution in [0.15, 0.2) is 42.5 Å². The highest BCUT2D eigenvalue weighted by molar-refractivity contribution is 7.96. The van der Waals surface area contributed by atoms with Crippen molar-refractivity contribution in [3.63, 3.8) is 0 Å². The van der Waals surface area contributed by atoms with Gasteiger partial charge in [-0.25, -0.2) is 0 Å². The van der Waals surface area contributed by atoms with Crippen LogP contribution in [0.2, 0.25) is 0 Å². The van der Waals surface area contributed by atoms with Crippen LogP contribution in [-0.2, 0) is 40.0 Å². The first kappa shape index (κ1) is 37.7. The van der Waals surface area contributed by atoms with Crippen molar-refractivity contribution in [1.82, 2.24) is 26.6 Å². The number of carboxylic acids is 1. The van der Waals surface area contributed by atoms with Crippen LogP contribution in [0.4, 0.5) is 0 Å². The Labute approximate surface area is 272 Å². The summed E-state index contributed by atoms with van der Waals surface area (Å²) in [7, 11) is 0. The molecule has 0 aromatic heterocycles. The minimum absolute atomic E-state index is 0.0207. The maximum atomic E-state index is 13.6. The predicted molar refractivity (Wildman–Crippen MR) is 173 cm³/mol. The highest BCUT2D eigenvalue weighted by atomic mass is 32.1. The number of amides is 5. The first-order valence-electron chi connectivity index (χ1n) is 14.8. The lowest BCUT2D eigenvalue weighted by Gasteiger charge is -2.26. The van der Waals surface area contributed by atoms with E-state index in [1.165, 1.54) is 6.92 Å². The number of nitrogens with two attached hydrogens (primary N) is 1. The van der Waals surface area contributed by atoms with Crippen LogP contribution in [0.5, 0.6) is 0 Å². The number of nitrogens with one attached hydrogen (secondary N) is 5. The molecule has 0 saturated heterocycles. The first-order chi connectivity index (χ1) is 21.6. The van der Waals surface area contributed by atoms with Crippen molar-refractivity contribution in [1.29, 1.82) is 0 Å². The minimum atomic E-state index is -1.49. The van der Waals surface area contributed by atoms with Crippen LogP contribution in [0.1, 0.15) is 52.5 Å². The fourth-order valence-corrected chi connectivity index (χ4v) is 4.70. The number of thiol groups is 1. The van der Waals surface area contributed by atoms with E-state index in [0.717, 1.165) is 10.8 Å². The van der Waals surface area contributed by atoms with Crippen LogP contribution >= 0.6 is 12.6 Å². The molecule has 0 heterocycles. The van der Waals surface area contributed by atoms with Crippen molar-refractivity contribution >= 4 is 64.0 Å². The molecule has 46 heavy (non-hydrogen) atoms. The summed E-state index contributed by atoms with van der Waals surface area (Å²) in [5.74, 6) is -5.35. The molecule has 0 spiro atoms. The summed E-state index contributed by atoms with van der Waals surface area (Å²) >= 11 is 3.75. The Balaban J connectivity index is 2.37. The van der Waals surface area contributed by atoms with Crippen molar-refractivity contribution in [2.24, 2.45) is 5.73 Å². The van der Waals surface area contributed by atoms with Gasteiger partial charge in [-0.15, -0.1) is 12.6 Å². The van der Waals surface area contributed by atoms with E-state index in [4.69, 9.17) is 5.73 Å². The fraction of sp³-hybridized carbons (Fsp3) is 0.452. The van der Waals surface area contributed by atoms with Gasteiger partial charge in [0.25, 0.3) is 0 Å². The molecule has 0 fully saturated rings. The standard InChI is InChI=1S/C31H42N6O8S/c1-16(2)33-17(3)27(41)36-24(15-25(32)38)30(44)35-22(12-13-26(39)40)28(42)37-23(29(43)34-18(4)31(45)46)14-20-10-7-9-19-8-5-6-11-21(19)20/h5-11,16-18,22-24,33H,12-15H2,1-4H3,(H2,32,38)(H,34,43)(H,35,44)(H,36,41)(H,37,42)(H,39,40)(H,45,46)/t17-,18-,22+,23+,24+/m1/s1. The lowest BCUT2D eigenvalue weighted by Crippen LogP contribution is -2.59. The second-order valence-corrected chi connectivity index (χ2v) is 11.7. The average Bonchev–Trinajstić information content (AvgIpc) is 2.97. The highest BCUT2D eigenvalue weighted by Crippen LogP contribution is 2.20. The number of hydrogen-bond donors (Lipinski definition) is 8. The number of carboxylic acid groups (broad SMARTS) is 1. The summed E-state index contributed by atoms with van der Waals surface area (Å²) in [6.45, 7) is 6.60. The van der Waals surface area contributed by atoms with E-state index in [0.29, 0.717) is 5.56 Å². The second-order valence-electron chi connectivity index (χ2n) is 11.2. The monoisotopic (exact) mass is 658 g/mol. The quantitative estimate of drug-likeness (QED) is 0.100. The largest absolute Gasteiger partial charge is 0.481 e. The zero-order chi connectivity index (χ0) is 34.6. The predicted octanol–water partition coefficient (Wildman–Crippen LogP) is -0.0755. The van der Waals surface area contributed by atoms with Crippen molar-refractivity contribution in [3.05, 3.63) is 48.0 Å². The van der Waals surface area contributed by atoms with Gasteiger partial charge in [-0.1, -0.05) is 56.3 Å². The van der Waals surface area contributed by atoms with Gasteiger partial charge in [0.2, 0.25) is 34.7 Å². The molecule has 250 valence electrons. The average molecular weight is 659 g/mol. The summed E-state index contributed by atoms with van der Waals surface area (Å²) in [4.78, 5) is 87.8. The molecule has 2 aromatic rings. The Morgan fingerprint density at radius 1 is 0.739 bits per heavy atom. The molecular weight excluding hydrogens is 616 g/mol. The summed E-state index contributed by atoms with van der Waals surface area (Å²) < 4.78 is 0. The lowest BCUT2D eigenvalue weighted by molar-refractivity contribution is -0.138. The van der Waals surface area contributed by atoms with Gasteiger partial charge in [0.1, 0.15) is 18.1 Å². The van der Waals surface area contributed by atoms with Crippen LogP contribution in [0.25, 0.3) is 10.8 Å². The van der Waals surface area contributed by atoms with E-state index in [-0.39, 0.29) is 18.9 Å². The molecule has 0 bridgehead atoms. The van der Waals surface area contributed by atoms with E-state index in [9.17, 15) is 38.7 Å². The van der Waals surface area contributed by atoms with Gasteiger partial charge in [-0.3, -0.25) is 33.6 Å². The van der Waals surface area contributed by atoms with E-state index in [2.05, 4.69) is 39.2 Å². The van der Waals surface area contributed by atoms with Gasteiger partial charge in [0.15, 0.2) is 0 Å². The van der Waals surface area contributed by atoms with Crippen molar-refractivity contribution in [2.75, 3.05) is 0 Å². The molecule has 2 aromatic carbocycles. The Kier molecular flexibility index (Phi) is 14.6. The van der Waals surface area contributed by atoms with Crippen molar-refractivity contribution < 1.29 is 38.7 Å². The number of carbonyl (C=O) groups is 7. The van der Waals surface area contributed by atoms with Crippen molar-refractivity contribution in [2.45, 2.75) is 89.6 Å². The zero-order valence-corrected chi connectivity index (χ0v) is 27.1. The van der Waals surface area contributed by atoms with E-state index < -0.39 is 83.7 Å². The van der Waals surface area contributed by atoms with Gasteiger partial charge in [0, 0.05) is 18.9 Å². The Morgan fingerprint density at radius 3 is 1.91 bits per heavy atom. The van der Waals surface area contributed by atoms with Crippen molar-refractivity contribution in [3.8, 4) is 0 Å². The summed E-state index contributed by atoms with van der Waals surface area (Å²) in [5, 5.41) is 23.3. The Bertz CT molecular complexity index is 1450. The van der Waals surface area contributed by atoms with E-state index in [1.807, 2.05) is 44.2 Å². The summed E-state index contributed by atoms with van der Waals surface area (Å²) in [5.41, 5.74) is 6.01. The topological polar surface area (TPSA) is 226 Å². The molecule has 0 radical (unpaired) electrons.